The van der Waals surface area contributed by atoms with Crippen molar-refractivity contribution < 1.29 is 0 Å². The van der Waals surface area contributed by atoms with E-state index in [1.165, 1.54) is 10.5 Å². The van der Waals surface area contributed by atoms with Gasteiger partial charge in [0.25, 0.3) is 0 Å². The standard InChI is InChI=1S/C15H15N3S/c1-19-13-5-2-11(3-6-13)10-18-15-8-12(9-16)4-7-14(15)17/h2-8,18H,10,17H2,1H3. The second-order valence-corrected chi connectivity index (χ2v) is 5.00. The summed E-state index contributed by atoms with van der Waals surface area (Å²) in [5.41, 5.74) is 9.12. The molecule has 2 rings (SSSR count). The van der Waals surface area contributed by atoms with Crippen LogP contribution < -0.4 is 11.1 Å². The van der Waals surface area contributed by atoms with Gasteiger partial charge in [-0.25, -0.2) is 0 Å². The monoisotopic (exact) mass is 269 g/mol. The van der Waals surface area contributed by atoms with Crippen molar-refractivity contribution in [3.05, 3.63) is 53.6 Å². The molecule has 0 aliphatic carbocycles. The minimum atomic E-state index is 0.606. The van der Waals surface area contributed by atoms with Gasteiger partial charge >= 0.3 is 0 Å². The Labute approximate surface area is 117 Å². The fraction of sp³-hybridized carbons (Fsp3) is 0.133. The van der Waals surface area contributed by atoms with Gasteiger partial charge in [0, 0.05) is 11.4 Å². The summed E-state index contributed by atoms with van der Waals surface area (Å²) in [5.74, 6) is 0. The quantitative estimate of drug-likeness (QED) is 0.659. The van der Waals surface area contributed by atoms with Crippen LogP contribution in [0.1, 0.15) is 11.1 Å². The zero-order chi connectivity index (χ0) is 13.7. The minimum absolute atomic E-state index is 0.606. The van der Waals surface area contributed by atoms with E-state index in [0.717, 1.165) is 5.69 Å². The van der Waals surface area contributed by atoms with Crippen LogP contribution in [-0.4, -0.2) is 6.26 Å². The molecule has 96 valence electrons. The molecule has 0 aliphatic rings. The summed E-state index contributed by atoms with van der Waals surface area (Å²) in [6, 6.07) is 15.7. The molecule has 0 spiro atoms. The summed E-state index contributed by atoms with van der Waals surface area (Å²) in [5, 5.41) is 12.1. The third-order valence-electron chi connectivity index (χ3n) is 2.82. The highest BCUT2D eigenvalue weighted by atomic mass is 32.2. The molecule has 4 heteroatoms. The first-order valence-corrected chi connectivity index (χ1v) is 7.12. The highest BCUT2D eigenvalue weighted by molar-refractivity contribution is 7.98. The maximum absolute atomic E-state index is 8.87. The van der Waals surface area contributed by atoms with Crippen LogP contribution in [0.3, 0.4) is 0 Å². The van der Waals surface area contributed by atoms with Crippen LogP contribution in [0.15, 0.2) is 47.4 Å². The Morgan fingerprint density at radius 1 is 1.21 bits per heavy atom. The molecule has 19 heavy (non-hydrogen) atoms. The fourth-order valence-electron chi connectivity index (χ4n) is 1.72. The molecule has 0 amide bonds. The highest BCUT2D eigenvalue weighted by Crippen LogP contribution is 2.21. The number of nitrogens with one attached hydrogen (secondary N) is 1. The Hall–Kier alpha value is -2.12. The minimum Gasteiger partial charge on any atom is -0.397 e. The number of benzene rings is 2. The van der Waals surface area contributed by atoms with Gasteiger partial charge in [0.2, 0.25) is 0 Å². The third kappa shape index (κ3) is 3.43. The van der Waals surface area contributed by atoms with Crippen molar-refractivity contribution >= 4 is 23.1 Å². The van der Waals surface area contributed by atoms with Gasteiger partial charge in [0.05, 0.1) is 23.0 Å². The van der Waals surface area contributed by atoms with Gasteiger partial charge in [-0.05, 0) is 42.2 Å². The van der Waals surface area contributed by atoms with E-state index in [1.807, 2.05) is 0 Å². The van der Waals surface area contributed by atoms with Crippen LogP contribution in [-0.2, 0) is 6.54 Å². The van der Waals surface area contributed by atoms with Crippen molar-refractivity contribution in [1.82, 2.24) is 0 Å². The van der Waals surface area contributed by atoms with Gasteiger partial charge in [0.15, 0.2) is 0 Å². The third-order valence-corrected chi connectivity index (χ3v) is 3.57. The normalized spacial score (nSPS) is 9.89. The number of nitrogen functional groups attached to an aromatic ring is 1. The zero-order valence-corrected chi connectivity index (χ0v) is 11.5. The molecule has 0 aromatic heterocycles. The lowest BCUT2D eigenvalue weighted by Gasteiger charge is -2.10. The van der Waals surface area contributed by atoms with Crippen LogP contribution in [0, 0.1) is 11.3 Å². The molecule has 0 atom stereocenters. The second-order valence-electron chi connectivity index (χ2n) is 4.12. The van der Waals surface area contributed by atoms with Crippen molar-refractivity contribution in [2.75, 3.05) is 17.3 Å². The number of nitriles is 1. The Kier molecular flexibility index (Phi) is 4.32. The summed E-state index contributed by atoms with van der Waals surface area (Å²) >= 11 is 1.72. The van der Waals surface area contributed by atoms with Crippen molar-refractivity contribution in [3.8, 4) is 6.07 Å². The van der Waals surface area contributed by atoms with Crippen LogP contribution in [0.5, 0.6) is 0 Å². The van der Waals surface area contributed by atoms with E-state index in [1.54, 1.807) is 30.0 Å². The van der Waals surface area contributed by atoms with Gasteiger partial charge in [-0.1, -0.05) is 12.1 Å². The second kappa shape index (κ2) is 6.17. The number of nitrogens with zero attached hydrogens (tertiary/aromatic N) is 1. The summed E-state index contributed by atoms with van der Waals surface area (Å²) in [7, 11) is 0. The molecule has 0 unspecified atom stereocenters. The number of thioether (sulfide) groups is 1. The molecule has 3 nitrogen and oxygen atoms in total. The SMILES string of the molecule is CSc1ccc(CNc2cc(C#N)ccc2N)cc1. The first-order chi connectivity index (χ1) is 9.22. The van der Waals surface area contributed by atoms with E-state index < -0.39 is 0 Å². The molecular formula is C15H15N3S. The molecule has 2 aromatic carbocycles. The van der Waals surface area contributed by atoms with Crippen LogP contribution >= 0.6 is 11.8 Å². The topological polar surface area (TPSA) is 61.8 Å². The molecule has 0 radical (unpaired) electrons. The summed E-state index contributed by atoms with van der Waals surface area (Å²) in [6.45, 7) is 0.688. The Morgan fingerprint density at radius 2 is 1.95 bits per heavy atom. The molecule has 0 bridgehead atoms. The predicted molar refractivity (Wildman–Crippen MR) is 81.1 cm³/mol. The smallest absolute Gasteiger partial charge is 0.0992 e. The van der Waals surface area contributed by atoms with E-state index in [2.05, 4.69) is 41.9 Å². The van der Waals surface area contributed by atoms with Crippen molar-refractivity contribution in [1.29, 1.82) is 5.26 Å². The van der Waals surface area contributed by atoms with E-state index in [0.29, 0.717) is 17.8 Å². The Bertz CT molecular complexity index is 600. The van der Waals surface area contributed by atoms with E-state index >= 15 is 0 Å². The Balaban J connectivity index is 2.07. The summed E-state index contributed by atoms with van der Waals surface area (Å²) in [6.07, 6.45) is 2.06. The van der Waals surface area contributed by atoms with E-state index in [-0.39, 0.29) is 0 Å². The molecule has 0 fully saturated rings. The van der Waals surface area contributed by atoms with Gasteiger partial charge in [0.1, 0.15) is 0 Å². The maximum Gasteiger partial charge on any atom is 0.0992 e. The lowest BCUT2D eigenvalue weighted by atomic mass is 10.1. The molecule has 0 saturated heterocycles. The van der Waals surface area contributed by atoms with E-state index in [9.17, 15) is 0 Å². The Morgan fingerprint density at radius 3 is 2.58 bits per heavy atom. The molecule has 0 aliphatic heterocycles. The van der Waals surface area contributed by atoms with Gasteiger partial charge in [-0.15, -0.1) is 11.8 Å². The lowest BCUT2D eigenvalue weighted by molar-refractivity contribution is 1.14. The first kappa shape index (κ1) is 13.3. The number of hydrogen-bond acceptors (Lipinski definition) is 4. The molecule has 2 aromatic rings. The fourth-order valence-corrected chi connectivity index (χ4v) is 2.13. The summed E-state index contributed by atoms with van der Waals surface area (Å²) < 4.78 is 0. The highest BCUT2D eigenvalue weighted by Gasteiger charge is 2.01. The van der Waals surface area contributed by atoms with Crippen molar-refractivity contribution in [2.45, 2.75) is 11.4 Å². The number of nitrogens with two attached hydrogens (primary N) is 1. The maximum atomic E-state index is 8.87. The van der Waals surface area contributed by atoms with Gasteiger partial charge in [-0.3, -0.25) is 0 Å². The summed E-state index contributed by atoms with van der Waals surface area (Å²) in [4.78, 5) is 1.25. The van der Waals surface area contributed by atoms with E-state index in [4.69, 9.17) is 11.0 Å². The predicted octanol–water partition coefficient (Wildman–Crippen LogP) is 3.47. The van der Waals surface area contributed by atoms with Crippen LogP contribution in [0.25, 0.3) is 0 Å². The van der Waals surface area contributed by atoms with Gasteiger partial charge in [-0.2, -0.15) is 5.26 Å². The first-order valence-electron chi connectivity index (χ1n) is 5.89. The average Bonchev–Trinajstić information content (AvgIpc) is 2.47. The van der Waals surface area contributed by atoms with Crippen molar-refractivity contribution in [3.63, 3.8) is 0 Å². The molecule has 0 heterocycles. The van der Waals surface area contributed by atoms with Crippen LogP contribution in [0.2, 0.25) is 0 Å². The molecule has 0 saturated carbocycles. The van der Waals surface area contributed by atoms with Crippen LogP contribution in [0.4, 0.5) is 11.4 Å². The number of anilines is 2. The van der Waals surface area contributed by atoms with Gasteiger partial charge < -0.3 is 11.1 Å². The largest absolute Gasteiger partial charge is 0.397 e. The van der Waals surface area contributed by atoms with Crippen molar-refractivity contribution in [2.24, 2.45) is 0 Å². The number of rotatable bonds is 4. The molecule has 3 N–H and O–H groups in total. The number of hydrogen-bond donors (Lipinski definition) is 2. The zero-order valence-electron chi connectivity index (χ0n) is 10.7. The molecular weight excluding hydrogens is 254 g/mol. The average molecular weight is 269 g/mol. The lowest BCUT2D eigenvalue weighted by Crippen LogP contribution is -2.02.